The van der Waals surface area contributed by atoms with Crippen LogP contribution in [0.4, 0.5) is 0 Å². The van der Waals surface area contributed by atoms with Gasteiger partial charge >= 0.3 is 0 Å². The van der Waals surface area contributed by atoms with E-state index in [1.165, 1.54) is 0 Å². The molecular weight excluding hydrogens is 461 g/mol. The van der Waals surface area contributed by atoms with Crippen LogP contribution < -0.4 is 0 Å². The Bertz CT molecular complexity index is 1320. The summed E-state index contributed by atoms with van der Waals surface area (Å²) in [4.78, 5) is 13.4. The number of rotatable bonds is 6. The molecule has 4 aromatic carbocycles. The van der Waals surface area contributed by atoms with Gasteiger partial charge in [0.05, 0.1) is 12.0 Å². The second-order valence-electron chi connectivity index (χ2n) is 7.59. The van der Waals surface area contributed by atoms with E-state index in [0.717, 1.165) is 16.3 Å². The van der Waals surface area contributed by atoms with Crippen LogP contribution in [0.5, 0.6) is 0 Å². The average Bonchev–Trinajstić information content (AvgIpc) is 2.80. The van der Waals surface area contributed by atoms with Gasteiger partial charge in [-0.25, -0.2) is 0 Å². The smallest absolute Gasteiger partial charge is 0.163 e. The van der Waals surface area contributed by atoms with E-state index < -0.39 is 11.8 Å². The van der Waals surface area contributed by atoms with Gasteiger partial charge in [-0.3, -0.25) is 4.79 Å². The Balaban J connectivity index is 1.77. The largest absolute Gasteiger partial charge is 0.294 e. The van der Waals surface area contributed by atoms with Gasteiger partial charge in [0.2, 0.25) is 0 Å². The maximum Gasteiger partial charge on any atom is 0.163 e. The summed E-state index contributed by atoms with van der Waals surface area (Å²) in [5.41, 5.74) is 1.90. The fraction of sp³-hybridized carbons (Fsp3) is 0.111. The first kappa shape index (κ1) is 22.4. The first-order chi connectivity index (χ1) is 15.5. The first-order valence-electron chi connectivity index (χ1n) is 10.1. The van der Waals surface area contributed by atoms with E-state index in [-0.39, 0.29) is 12.2 Å². The number of halogens is 3. The van der Waals surface area contributed by atoms with Crippen molar-refractivity contribution in [1.29, 1.82) is 5.26 Å². The summed E-state index contributed by atoms with van der Waals surface area (Å²) < 4.78 is 0. The van der Waals surface area contributed by atoms with Crippen molar-refractivity contribution in [1.82, 2.24) is 0 Å². The Hall–Kier alpha value is -2.83. The third-order valence-corrected chi connectivity index (χ3v) is 6.50. The molecule has 0 aliphatic heterocycles. The number of carbonyl (C=O) groups excluding carboxylic acids is 1. The molecule has 0 spiro atoms. The molecule has 0 radical (unpaired) electrons. The minimum atomic E-state index is -0.723. The van der Waals surface area contributed by atoms with Gasteiger partial charge in [0.1, 0.15) is 0 Å². The second kappa shape index (κ2) is 9.76. The molecular formula is C27H18Cl3NO. The van der Waals surface area contributed by atoms with Crippen molar-refractivity contribution >= 4 is 51.4 Å². The summed E-state index contributed by atoms with van der Waals surface area (Å²) in [6, 6.07) is 28.2. The first-order valence-corrected chi connectivity index (χ1v) is 11.2. The molecule has 0 heterocycles. The van der Waals surface area contributed by atoms with Gasteiger partial charge in [-0.1, -0.05) is 89.4 Å². The Morgan fingerprint density at radius 3 is 2.19 bits per heavy atom. The van der Waals surface area contributed by atoms with Crippen LogP contribution in [0.3, 0.4) is 0 Å². The minimum absolute atomic E-state index is 0.0656. The molecule has 4 aromatic rings. The lowest BCUT2D eigenvalue weighted by atomic mass is 9.78. The summed E-state index contributed by atoms with van der Waals surface area (Å²) in [5, 5.41) is 13.5. The van der Waals surface area contributed by atoms with Gasteiger partial charge < -0.3 is 0 Å². The Morgan fingerprint density at radius 1 is 0.812 bits per heavy atom. The third-order valence-electron chi connectivity index (χ3n) is 5.61. The Labute approximate surface area is 202 Å². The van der Waals surface area contributed by atoms with E-state index in [0.29, 0.717) is 26.2 Å². The van der Waals surface area contributed by atoms with Crippen LogP contribution in [0, 0.1) is 11.3 Å². The highest BCUT2D eigenvalue weighted by atomic mass is 35.5. The quantitative estimate of drug-likeness (QED) is 0.261. The fourth-order valence-corrected chi connectivity index (χ4v) is 4.84. The van der Waals surface area contributed by atoms with Crippen LogP contribution in [-0.4, -0.2) is 5.78 Å². The highest BCUT2D eigenvalue weighted by molar-refractivity contribution is 6.36. The molecule has 5 heteroatoms. The topological polar surface area (TPSA) is 40.9 Å². The van der Waals surface area contributed by atoms with Crippen molar-refractivity contribution < 1.29 is 4.79 Å². The van der Waals surface area contributed by atoms with Crippen molar-refractivity contribution in [3.8, 4) is 6.07 Å². The maximum atomic E-state index is 13.4. The van der Waals surface area contributed by atoms with Crippen LogP contribution in [0.1, 0.15) is 39.7 Å². The number of fused-ring (bicyclic) bond motifs is 1. The number of carbonyl (C=O) groups is 1. The van der Waals surface area contributed by atoms with Gasteiger partial charge in [0, 0.05) is 38.5 Å². The second-order valence-corrected chi connectivity index (χ2v) is 8.84. The third kappa shape index (κ3) is 4.66. The molecule has 2 atom stereocenters. The van der Waals surface area contributed by atoms with E-state index in [9.17, 15) is 10.1 Å². The molecule has 0 fully saturated rings. The molecule has 0 saturated heterocycles. The molecule has 2 unspecified atom stereocenters. The normalized spacial score (nSPS) is 12.8. The molecule has 0 saturated carbocycles. The SMILES string of the molecule is N#CC(c1c(Cl)cccc1Cl)C(CC(=O)c1ccc2ccccc2c1)c1cccc(Cl)c1. The summed E-state index contributed by atoms with van der Waals surface area (Å²) in [6.07, 6.45) is 0.110. The monoisotopic (exact) mass is 477 g/mol. The van der Waals surface area contributed by atoms with E-state index in [1.807, 2.05) is 54.6 Å². The van der Waals surface area contributed by atoms with E-state index in [2.05, 4.69) is 6.07 Å². The number of Topliss-reactive ketones (excluding diaryl/α,β-unsaturated/α-hetero) is 1. The van der Waals surface area contributed by atoms with Crippen LogP contribution in [0.2, 0.25) is 15.1 Å². The molecule has 158 valence electrons. The zero-order valence-electron chi connectivity index (χ0n) is 16.9. The Kier molecular flexibility index (Phi) is 6.82. The predicted octanol–water partition coefficient (Wildman–Crippen LogP) is 8.46. The van der Waals surface area contributed by atoms with Gasteiger partial charge in [0.25, 0.3) is 0 Å². The van der Waals surface area contributed by atoms with E-state index >= 15 is 0 Å². The van der Waals surface area contributed by atoms with Crippen LogP contribution in [0.25, 0.3) is 10.8 Å². The minimum Gasteiger partial charge on any atom is -0.294 e. The number of nitrogens with zero attached hydrogens (tertiary/aromatic N) is 1. The standard InChI is InChI=1S/C27H18Cl3NO/c28-21-8-3-7-19(14-21)22(23(16-31)27-24(29)9-4-10-25(27)30)15-26(32)20-12-11-17-5-1-2-6-18(17)13-20/h1-14,22-23H,15H2. The lowest BCUT2D eigenvalue weighted by Crippen LogP contribution is -2.16. The summed E-state index contributed by atoms with van der Waals surface area (Å²) in [7, 11) is 0. The molecule has 32 heavy (non-hydrogen) atoms. The zero-order valence-corrected chi connectivity index (χ0v) is 19.2. The summed E-state index contributed by atoms with van der Waals surface area (Å²) >= 11 is 19.1. The highest BCUT2D eigenvalue weighted by Gasteiger charge is 2.31. The molecule has 0 amide bonds. The van der Waals surface area contributed by atoms with Crippen LogP contribution >= 0.6 is 34.8 Å². The number of hydrogen-bond acceptors (Lipinski definition) is 2. The number of nitriles is 1. The van der Waals surface area contributed by atoms with Crippen molar-refractivity contribution in [2.24, 2.45) is 0 Å². The highest BCUT2D eigenvalue weighted by Crippen LogP contribution is 2.42. The molecule has 0 aromatic heterocycles. The maximum absolute atomic E-state index is 13.4. The van der Waals surface area contributed by atoms with Gasteiger partial charge in [-0.05, 0) is 46.7 Å². The van der Waals surface area contributed by atoms with E-state index in [4.69, 9.17) is 34.8 Å². The summed E-state index contributed by atoms with van der Waals surface area (Å²) in [5.74, 6) is -1.27. The van der Waals surface area contributed by atoms with Gasteiger partial charge in [-0.2, -0.15) is 5.26 Å². The van der Waals surface area contributed by atoms with Gasteiger partial charge in [0.15, 0.2) is 5.78 Å². The average molecular weight is 479 g/mol. The lowest BCUT2D eigenvalue weighted by Gasteiger charge is -2.24. The zero-order chi connectivity index (χ0) is 22.7. The predicted molar refractivity (Wildman–Crippen MR) is 132 cm³/mol. The molecule has 2 nitrogen and oxygen atoms in total. The van der Waals surface area contributed by atoms with Gasteiger partial charge in [-0.15, -0.1) is 0 Å². The lowest BCUT2D eigenvalue weighted by molar-refractivity contribution is 0.0972. The Morgan fingerprint density at radius 2 is 1.50 bits per heavy atom. The molecule has 0 aliphatic rings. The van der Waals surface area contributed by atoms with Crippen molar-refractivity contribution in [2.75, 3.05) is 0 Å². The van der Waals surface area contributed by atoms with Crippen LogP contribution in [-0.2, 0) is 0 Å². The molecule has 0 N–H and O–H groups in total. The summed E-state index contributed by atoms with van der Waals surface area (Å²) in [6.45, 7) is 0. The van der Waals surface area contributed by atoms with Crippen LogP contribution in [0.15, 0.2) is 84.9 Å². The fourth-order valence-electron chi connectivity index (χ4n) is 4.01. The number of ketones is 1. The van der Waals surface area contributed by atoms with Crippen molar-refractivity contribution in [2.45, 2.75) is 18.3 Å². The van der Waals surface area contributed by atoms with Crippen molar-refractivity contribution in [3.63, 3.8) is 0 Å². The van der Waals surface area contributed by atoms with Crippen molar-refractivity contribution in [3.05, 3.63) is 117 Å². The number of benzene rings is 4. The van der Waals surface area contributed by atoms with E-state index in [1.54, 1.807) is 30.3 Å². The number of hydrogen-bond donors (Lipinski definition) is 0. The molecule has 0 bridgehead atoms. The molecule has 0 aliphatic carbocycles. The molecule has 4 rings (SSSR count).